The van der Waals surface area contributed by atoms with Crippen LogP contribution < -0.4 is 0 Å². The lowest BCUT2D eigenvalue weighted by Crippen LogP contribution is -1.96. The Bertz CT molecular complexity index is 347. The van der Waals surface area contributed by atoms with Crippen LogP contribution in [0.4, 0.5) is 0 Å². The summed E-state index contributed by atoms with van der Waals surface area (Å²) in [6, 6.07) is 0. The van der Waals surface area contributed by atoms with E-state index in [1.165, 1.54) is 12.4 Å². The van der Waals surface area contributed by atoms with Crippen LogP contribution in [0.25, 0.3) is 0 Å². The molecule has 1 aromatic rings. The van der Waals surface area contributed by atoms with E-state index in [9.17, 15) is 0 Å². The maximum Gasteiger partial charge on any atom is 0.0615 e. The molecule has 0 bridgehead atoms. The van der Waals surface area contributed by atoms with Crippen molar-refractivity contribution < 1.29 is 6.85 Å². The normalized spacial score (nSPS) is 19.9. The van der Waals surface area contributed by atoms with Crippen LogP contribution >= 0.6 is 0 Å². The summed E-state index contributed by atoms with van der Waals surface area (Å²) in [7, 11) is 0. The van der Waals surface area contributed by atoms with Crippen molar-refractivity contribution in [2.45, 2.75) is 26.6 Å². The van der Waals surface area contributed by atoms with Crippen LogP contribution in [-0.2, 0) is 12.8 Å². The van der Waals surface area contributed by atoms with Crippen LogP contribution in [0.3, 0.4) is 0 Å². The van der Waals surface area contributed by atoms with Crippen molar-refractivity contribution in [2.75, 3.05) is 0 Å². The molecule has 0 spiro atoms. The third-order valence-corrected chi connectivity index (χ3v) is 1.23. The van der Waals surface area contributed by atoms with E-state index >= 15 is 0 Å². The monoisotopic (exact) mass is 141 g/mol. The Morgan fingerprint density at radius 2 is 2.20 bits per heavy atom. The van der Waals surface area contributed by atoms with Crippen molar-refractivity contribution in [3.63, 3.8) is 0 Å². The minimum absolute atomic E-state index is 0.0903. The number of nitrogens with zero attached hydrogens (tertiary/aromatic N) is 2. The number of aromatic nitrogens is 2. The van der Waals surface area contributed by atoms with Crippen LogP contribution in [0.1, 0.15) is 32.0 Å². The van der Waals surface area contributed by atoms with Crippen molar-refractivity contribution in [2.24, 2.45) is 0 Å². The molecule has 0 saturated heterocycles. The molecule has 0 atom stereocenters. The summed E-state index contributed by atoms with van der Waals surface area (Å²) in [5.74, 6) is 0. The van der Waals surface area contributed by atoms with Gasteiger partial charge in [0.1, 0.15) is 0 Å². The lowest BCUT2D eigenvalue weighted by molar-refractivity contribution is 0.904. The minimum Gasteiger partial charge on any atom is -0.258 e. The van der Waals surface area contributed by atoms with Gasteiger partial charge in [-0.15, -0.1) is 0 Å². The molecular formula is C8H12N2. The fourth-order valence-electron chi connectivity index (χ4n) is 0.730. The van der Waals surface area contributed by atoms with Crippen LogP contribution in [0, 0.1) is 0 Å². The van der Waals surface area contributed by atoms with Gasteiger partial charge in [0.05, 0.1) is 11.4 Å². The summed E-state index contributed by atoms with van der Waals surface area (Å²) in [6.45, 7) is -0.948. The Hall–Kier alpha value is -0.920. The van der Waals surface area contributed by atoms with E-state index in [0.717, 1.165) is 0 Å². The first-order chi connectivity index (χ1) is 6.80. The van der Waals surface area contributed by atoms with Crippen LogP contribution in [-0.4, -0.2) is 9.97 Å². The average Bonchev–Trinajstić information content (AvgIpc) is 2.16. The summed E-state index contributed by atoms with van der Waals surface area (Å²) in [5, 5.41) is 0. The molecule has 0 amide bonds. The minimum atomic E-state index is -2.73. The van der Waals surface area contributed by atoms with E-state index in [4.69, 9.17) is 6.85 Å². The summed E-state index contributed by atoms with van der Waals surface area (Å²) in [5.41, 5.74) is 0.297. The lowest BCUT2D eigenvalue weighted by Gasteiger charge is -1.99. The highest BCUT2D eigenvalue weighted by molar-refractivity contribution is 5.09. The summed E-state index contributed by atoms with van der Waals surface area (Å²) in [6.07, 6.45) is 0.737. The van der Waals surface area contributed by atoms with E-state index in [1.807, 2.05) is 0 Å². The van der Waals surface area contributed by atoms with E-state index in [-0.39, 0.29) is 5.69 Å². The number of rotatable bonds is 2. The molecule has 0 aliphatic rings. The van der Waals surface area contributed by atoms with Crippen molar-refractivity contribution >= 4 is 0 Å². The molecule has 54 valence electrons. The van der Waals surface area contributed by atoms with Gasteiger partial charge in [0, 0.05) is 19.2 Å². The first-order valence-corrected chi connectivity index (χ1v) is 3.11. The smallest absolute Gasteiger partial charge is 0.0615 e. The van der Waals surface area contributed by atoms with Crippen molar-refractivity contribution in [3.8, 4) is 0 Å². The molecule has 1 aromatic heterocycles. The third kappa shape index (κ3) is 1.32. The molecule has 0 aliphatic carbocycles. The van der Waals surface area contributed by atoms with E-state index < -0.39 is 13.2 Å². The predicted molar refractivity (Wildman–Crippen MR) is 40.8 cm³/mol. The van der Waals surface area contributed by atoms with Gasteiger partial charge < -0.3 is 0 Å². The second kappa shape index (κ2) is 3.30. The highest BCUT2D eigenvalue weighted by atomic mass is 14.8. The van der Waals surface area contributed by atoms with Crippen LogP contribution in [0.2, 0.25) is 0 Å². The zero-order chi connectivity index (χ0) is 11.7. The first kappa shape index (κ1) is 2.99. The van der Waals surface area contributed by atoms with E-state index in [2.05, 4.69) is 9.97 Å². The highest BCUT2D eigenvalue weighted by Gasteiger charge is 1.97. The Morgan fingerprint density at radius 3 is 2.80 bits per heavy atom. The molecule has 0 aliphatic heterocycles. The molecule has 0 N–H and O–H groups in total. The van der Waals surface area contributed by atoms with Gasteiger partial charge in [0.25, 0.3) is 0 Å². The fraction of sp³-hybridized carbons (Fsp3) is 0.500. The Labute approximate surface area is 68.4 Å². The molecule has 0 fully saturated rings. The molecule has 1 rings (SSSR count). The second-order valence-corrected chi connectivity index (χ2v) is 1.83. The molecule has 0 radical (unpaired) electrons. The maximum atomic E-state index is 7.56. The summed E-state index contributed by atoms with van der Waals surface area (Å²) >= 11 is 0. The van der Waals surface area contributed by atoms with Gasteiger partial charge in [0.2, 0.25) is 0 Å². The second-order valence-electron chi connectivity index (χ2n) is 1.83. The molecular weight excluding hydrogens is 124 g/mol. The number of aryl methyl sites for hydroxylation is 2. The SMILES string of the molecule is [2H]C([2H])([2H])C([2H])([2H])c1nccnc1CC. The molecule has 0 aromatic carbocycles. The summed E-state index contributed by atoms with van der Waals surface area (Å²) in [4.78, 5) is 7.71. The van der Waals surface area contributed by atoms with E-state index in [0.29, 0.717) is 12.1 Å². The first-order valence-electron chi connectivity index (χ1n) is 5.61. The zero-order valence-electron chi connectivity index (χ0n) is 10.8. The quantitative estimate of drug-likeness (QED) is 0.625. The zero-order valence-corrected chi connectivity index (χ0v) is 5.76. The maximum absolute atomic E-state index is 7.56. The van der Waals surface area contributed by atoms with Gasteiger partial charge in [-0.1, -0.05) is 13.8 Å². The Kier molecular flexibility index (Phi) is 0.987. The summed E-state index contributed by atoms with van der Waals surface area (Å²) < 4.78 is 36.5. The third-order valence-electron chi connectivity index (χ3n) is 1.23. The van der Waals surface area contributed by atoms with Gasteiger partial charge in [-0.3, -0.25) is 9.97 Å². The average molecular weight is 141 g/mol. The van der Waals surface area contributed by atoms with Crippen LogP contribution in [0.5, 0.6) is 0 Å². The number of hydrogen-bond donors (Lipinski definition) is 0. The van der Waals surface area contributed by atoms with E-state index in [1.54, 1.807) is 6.92 Å². The standard InChI is InChI=1S/C8H12N2/c1-3-7-8(4-2)10-6-5-9-7/h5-6H,3-4H2,1-2H3/i1D3,3D2. The van der Waals surface area contributed by atoms with Crippen molar-refractivity contribution in [1.29, 1.82) is 0 Å². The van der Waals surface area contributed by atoms with Crippen molar-refractivity contribution in [1.82, 2.24) is 9.97 Å². The molecule has 10 heavy (non-hydrogen) atoms. The van der Waals surface area contributed by atoms with Gasteiger partial charge in [-0.2, -0.15) is 0 Å². The van der Waals surface area contributed by atoms with Gasteiger partial charge in [0.15, 0.2) is 0 Å². The molecule has 2 heteroatoms. The Morgan fingerprint density at radius 1 is 1.50 bits per heavy atom. The molecule has 1 heterocycles. The van der Waals surface area contributed by atoms with Crippen LogP contribution in [0.15, 0.2) is 12.4 Å². The van der Waals surface area contributed by atoms with Crippen molar-refractivity contribution in [3.05, 3.63) is 23.8 Å². The van der Waals surface area contributed by atoms with Gasteiger partial charge in [-0.25, -0.2) is 0 Å². The lowest BCUT2D eigenvalue weighted by atomic mass is 10.2. The van der Waals surface area contributed by atoms with Gasteiger partial charge >= 0.3 is 0 Å². The predicted octanol–water partition coefficient (Wildman–Crippen LogP) is 1.60. The topological polar surface area (TPSA) is 25.8 Å². The molecule has 0 saturated carbocycles. The molecule has 0 unspecified atom stereocenters. The number of hydrogen-bond acceptors (Lipinski definition) is 2. The largest absolute Gasteiger partial charge is 0.258 e. The Balaban J connectivity index is 3.26. The fourth-order valence-corrected chi connectivity index (χ4v) is 0.730. The van der Waals surface area contributed by atoms with Gasteiger partial charge in [-0.05, 0) is 12.8 Å². The molecule has 2 nitrogen and oxygen atoms in total. The highest BCUT2D eigenvalue weighted by Crippen LogP contribution is 2.01.